The quantitative estimate of drug-likeness (QED) is 0.879. The van der Waals surface area contributed by atoms with Crippen molar-refractivity contribution >= 4 is 17.5 Å². The monoisotopic (exact) mass is 342 g/mol. The van der Waals surface area contributed by atoms with Crippen molar-refractivity contribution in [3.05, 3.63) is 76.6 Å². The number of carbonyl (C=O) groups is 1. The molecule has 0 aromatic heterocycles. The van der Waals surface area contributed by atoms with E-state index in [1.807, 2.05) is 61.6 Å². The predicted octanol–water partition coefficient (Wildman–Crippen LogP) is 3.55. The van der Waals surface area contributed by atoms with Crippen LogP contribution in [0.3, 0.4) is 0 Å². The lowest BCUT2D eigenvalue weighted by Gasteiger charge is -2.15. The van der Waals surface area contributed by atoms with Crippen molar-refractivity contribution < 1.29 is 9.53 Å². The van der Waals surface area contributed by atoms with E-state index in [-0.39, 0.29) is 17.9 Å². The number of nitrogens with one attached hydrogen (secondary N) is 2. The second kappa shape index (κ2) is 6.97. The largest absolute Gasteiger partial charge is 0.497 e. The number of fused-ring (bicyclic) bond motifs is 1. The first-order chi connectivity index (χ1) is 11.6. The Morgan fingerprint density at radius 1 is 1.29 bits per heavy atom. The van der Waals surface area contributed by atoms with Gasteiger partial charge in [-0.25, -0.2) is 0 Å². The van der Waals surface area contributed by atoms with Gasteiger partial charge in [0.05, 0.1) is 13.2 Å². The maximum absolute atomic E-state index is 12.5. The SMILES string of the molecule is COc1ccc(C(C)NC(=O)C2=CC3C=CC(Cl)=CC=C3N2)cc1. The highest BCUT2D eigenvalue weighted by molar-refractivity contribution is 6.31. The van der Waals surface area contributed by atoms with Crippen LogP contribution in [0.2, 0.25) is 0 Å². The molecule has 1 aliphatic carbocycles. The lowest BCUT2D eigenvalue weighted by molar-refractivity contribution is -0.118. The Morgan fingerprint density at radius 3 is 2.75 bits per heavy atom. The zero-order valence-corrected chi connectivity index (χ0v) is 14.3. The molecule has 0 saturated carbocycles. The standard InChI is InChI=1S/C19H19ClN2O2/c1-12(13-4-8-16(24-2)9-5-13)21-19(23)18-11-14-3-6-15(20)7-10-17(14)22-18/h3-12,14,22H,1-2H3,(H,21,23). The van der Waals surface area contributed by atoms with Crippen LogP contribution in [0.15, 0.2) is 71.1 Å². The first-order valence-corrected chi connectivity index (χ1v) is 8.14. The van der Waals surface area contributed by atoms with Crippen LogP contribution in [-0.2, 0) is 4.79 Å². The van der Waals surface area contributed by atoms with Crippen LogP contribution in [0.4, 0.5) is 0 Å². The molecule has 5 heteroatoms. The molecule has 1 aliphatic heterocycles. The molecule has 0 fully saturated rings. The van der Waals surface area contributed by atoms with Crippen molar-refractivity contribution in [2.75, 3.05) is 7.11 Å². The molecule has 2 atom stereocenters. The van der Waals surface area contributed by atoms with E-state index in [1.165, 1.54) is 0 Å². The first kappa shape index (κ1) is 16.4. The van der Waals surface area contributed by atoms with Crippen LogP contribution >= 0.6 is 11.6 Å². The molecule has 0 spiro atoms. The normalized spacial score (nSPS) is 20.0. The van der Waals surface area contributed by atoms with Crippen LogP contribution < -0.4 is 15.4 Å². The van der Waals surface area contributed by atoms with Gasteiger partial charge >= 0.3 is 0 Å². The minimum Gasteiger partial charge on any atom is -0.497 e. The molecule has 1 heterocycles. The molecule has 24 heavy (non-hydrogen) atoms. The van der Waals surface area contributed by atoms with Crippen LogP contribution in [0.25, 0.3) is 0 Å². The Kier molecular flexibility index (Phi) is 4.76. The van der Waals surface area contributed by atoms with Crippen LogP contribution in [0, 0.1) is 5.92 Å². The highest BCUT2D eigenvalue weighted by Gasteiger charge is 2.24. The summed E-state index contributed by atoms with van der Waals surface area (Å²) in [6, 6.07) is 7.56. The molecule has 0 bridgehead atoms. The van der Waals surface area contributed by atoms with Crippen molar-refractivity contribution in [2.24, 2.45) is 5.92 Å². The van der Waals surface area contributed by atoms with Gasteiger partial charge in [0.15, 0.2) is 0 Å². The molecule has 124 valence electrons. The Labute approximate surface area is 146 Å². The molecule has 1 aromatic rings. The van der Waals surface area contributed by atoms with Crippen LogP contribution in [0.1, 0.15) is 18.5 Å². The van der Waals surface area contributed by atoms with Crippen molar-refractivity contribution in [1.29, 1.82) is 0 Å². The third-order valence-corrected chi connectivity index (χ3v) is 4.33. The zero-order valence-electron chi connectivity index (χ0n) is 13.5. The van der Waals surface area contributed by atoms with E-state index in [0.717, 1.165) is 17.0 Å². The number of hydrogen-bond acceptors (Lipinski definition) is 3. The highest BCUT2D eigenvalue weighted by atomic mass is 35.5. The average molecular weight is 343 g/mol. The summed E-state index contributed by atoms with van der Waals surface area (Å²) < 4.78 is 5.15. The molecule has 1 amide bonds. The zero-order chi connectivity index (χ0) is 17.1. The van der Waals surface area contributed by atoms with Crippen molar-refractivity contribution in [2.45, 2.75) is 13.0 Å². The van der Waals surface area contributed by atoms with E-state index >= 15 is 0 Å². The van der Waals surface area contributed by atoms with Crippen molar-refractivity contribution in [3.63, 3.8) is 0 Å². The minimum atomic E-state index is -0.129. The van der Waals surface area contributed by atoms with E-state index in [0.29, 0.717) is 10.7 Å². The maximum Gasteiger partial charge on any atom is 0.267 e. The van der Waals surface area contributed by atoms with Gasteiger partial charge in [0.25, 0.3) is 5.91 Å². The number of ether oxygens (including phenoxy) is 1. The molecule has 0 radical (unpaired) electrons. The highest BCUT2D eigenvalue weighted by Crippen LogP contribution is 2.26. The lowest BCUT2D eigenvalue weighted by atomic mass is 10.1. The fourth-order valence-corrected chi connectivity index (χ4v) is 2.80. The molecular formula is C19H19ClN2O2. The number of carbonyl (C=O) groups excluding carboxylic acids is 1. The van der Waals surface area contributed by atoms with Gasteiger partial charge in [0, 0.05) is 16.6 Å². The fraction of sp³-hybridized carbons (Fsp3) is 0.211. The number of methoxy groups -OCH3 is 1. The predicted molar refractivity (Wildman–Crippen MR) is 95.4 cm³/mol. The molecule has 2 aliphatic rings. The molecule has 4 nitrogen and oxygen atoms in total. The number of allylic oxidation sites excluding steroid dienone is 5. The van der Waals surface area contributed by atoms with Gasteiger partial charge in [-0.1, -0.05) is 29.8 Å². The summed E-state index contributed by atoms with van der Waals surface area (Å²) in [4.78, 5) is 12.5. The Hall–Kier alpha value is -2.46. The fourth-order valence-electron chi connectivity index (χ4n) is 2.67. The summed E-state index contributed by atoms with van der Waals surface area (Å²) in [5.74, 6) is 0.716. The lowest BCUT2D eigenvalue weighted by Crippen LogP contribution is -2.31. The van der Waals surface area contributed by atoms with Gasteiger partial charge in [0.2, 0.25) is 0 Å². The van der Waals surface area contributed by atoms with E-state index < -0.39 is 0 Å². The van der Waals surface area contributed by atoms with Crippen molar-refractivity contribution in [1.82, 2.24) is 10.6 Å². The topological polar surface area (TPSA) is 50.4 Å². The maximum atomic E-state index is 12.5. The van der Waals surface area contributed by atoms with Gasteiger partial charge in [-0.15, -0.1) is 0 Å². The molecule has 0 saturated heterocycles. The smallest absolute Gasteiger partial charge is 0.267 e. The summed E-state index contributed by atoms with van der Waals surface area (Å²) in [6.45, 7) is 1.95. The summed E-state index contributed by atoms with van der Waals surface area (Å²) in [5, 5.41) is 6.84. The van der Waals surface area contributed by atoms with Gasteiger partial charge in [0.1, 0.15) is 11.4 Å². The van der Waals surface area contributed by atoms with Gasteiger partial charge < -0.3 is 15.4 Å². The van der Waals surface area contributed by atoms with E-state index in [1.54, 1.807) is 7.11 Å². The summed E-state index contributed by atoms with van der Waals surface area (Å²) in [7, 11) is 1.63. The Morgan fingerprint density at radius 2 is 2.04 bits per heavy atom. The number of benzene rings is 1. The number of rotatable bonds is 4. The summed E-state index contributed by atoms with van der Waals surface area (Å²) in [6.07, 6.45) is 9.43. The first-order valence-electron chi connectivity index (χ1n) is 7.76. The molecule has 1 aromatic carbocycles. The van der Waals surface area contributed by atoms with Gasteiger partial charge in [-0.05, 0) is 48.9 Å². The van der Waals surface area contributed by atoms with E-state index in [2.05, 4.69) is 10.6 Å². The summed E-state index contributed by atoms with van der Waals surface area (Å²) >= 11 is 5.98. The number of amides is 1. The number of hydrogen-bond donors (Lipinski definition) is 2. The van der Waals surface area contributed by atoms with Gasteiger partial charge in [-0.2, -0.15) is 0 Å². The third kappa shape index (κ3) is 3.54. The summed E-state index contributed by atoms with van der Waals surface area (Å²) in [5.41, 5.74) is 2.53. The van der Waals surface area contributed by atoms with E-state index in [9.17, 15) is 4.79 Å². The average Bonchev–Trinajstić information content (AvgIpc) is 2.93. The second-order valence-electron chi connectivity index (χ2n) is 5.73. The Balaban J connectivity index is 1.66. The van der Waals surface area contributed by atoms with Crippen LogP contribution in [0.5, 0.6) is 5.75 Å². The van der Waals surface area contributed by atoms with E-state index in [4.69, 9.17) is 16.3 Å². The minimum absolute atomic E-state index is 0.0505. The number of halogens is 1. The molecule has 2 N–H and O–H groups in total. The van der Waals surface area contributed by atoms with Crippen LogP contribution in [-0.4, -0.2) is 13.0 Å². The Bertz CT molecular complexity index is 760. The third-order valence-electron chi connectivity index (χ3n) is 4.08. The molecule has 2 unspecified atom stereocenters. The second-order valence-corrected chi connectivity index (χ2v) is 6.17. The van der Waals surface area contributed by atoms with Crippen molar-refractivity contribution in [3.8, 4) is 5.75 Å². The molecular weight excluding hydrogens is 324 g/mol. The molecule has 3 rings (SSSR count). The van der Waals surface area contributed by atoms with Gasteiger partial charge in [-0.3, -0.25) is 4.79 Å².